The van der Waals surface area contributed by atoms with Gasteiger partial charge in [0.15, 0.2) is 0 Å². The molecule has 0 saturated heterocycles. The van der Waals surface area contributed by atoms with Crippen molar-refractivity contribution in [3.8, 4) is 11.5 Å². The van der Waals surface area contributed by atoms with Crippen LogP contribution in [0.25, 0.3) is 0 Å². The Kier molecular flexibility index (Phi) is 7.69. The van der Waals surface area contributed by atoms with Crippen molar-refractivity contribution in [3.63, 3.8) is 0 Å². The number of carbonyl (C=O) groups excluding carboxylic acids is 2. The lowest BCUT2D eigenvalue weighted by Crippen LogP contribution is -2.35. The van der Waals surface area contributed by atoms with Gasteiger partial charge < -0.3 is 10.1 Å². The van der Waals surface area contributed by atoms with Crippen molar-refractivity contribution in [2.75, 3.05) is 5.32 Å². The van der Waals surface area contributed by atoms with Crippen molar-refractivity contribution in [2.45, 2.75) is 13.8 Å². The lowest BCUT2D eigenvalue weighted by molar-refractivity contribution is 0.0959. The Morgan fingerprint density at radius 1 is 0.879 bits per heavy atom. The zero-order chi connectivity index (χ0) is 24.4. The second-order valence-corrected chi connectivity index (χ2v) is 8.41. The summed E-state index contributed by atoms with van der Waals surface area (Å²) < 4.78 is 33.3. The van der Waals surface area contributed by atoms with Crippen LogP contribution < -0.4 is 15.4 Å². The number of nitrogens with one attached hydrogen (secondary N) is 2. The smallest absolute Gasteiger partial charge is 0.326 e. The van der Waals surface area contributed by atoms with E-state index >= 15 is 0 Å². The van der Waals surface area contributed by atoms with E-state index in [1.54, 1.807) is 13.8 Å². The van der Waals surface area contributed by atoms with Gasteiger partial charge in [0, 0.05) is 11.8 Å². The van der Waals surface area contributed by atoms with E-state index in [1.165, 1.54) is 18.2 Å². The van der Waals surface area contributed by atoms with E-state index in [-0.39, 0.29) is 37.3 Å². The Balaban J connectivity index is 1.82. The molecule has 0 radical (unpaired) electrons. The molecule has 3 aromatic carbocycles. The van der Waals surface area contributed by atoms with Crippen LogP contribution in [-0.2, 0) is 0 Å². The number of urea groups is 1. The Morgan fingerprint density at radius 3 is 2.12 bits per heavy atom. The summed E-state index contributed by atoms with van der Waals surface area (Å²) >= 11 is 24.5. The molecule has 0 fully saturated rings. The van der Waals surface area contributed by atoms with Gasteiger partial charge in [-0.2, -0.15) is 0 Å². The Bertz CT molecular complexity index is 1260. The molecule has 0 aliphatic heterocycles. The molecule has 0 aromatic heterocycles. The molecule has 33 heavy (non-hydrogen) atoms. The van der Waals surface area contributed by atoms with E-state index < -0.39 is 29.1 Å². The third-order valence-corrected chi connectivity index (χ3v) is 6.00. The number of ether oxygens (including phenoxy) is 1. The highest BCUT2D eigenvalue weighted by Gasteiger charge is 2.21. The van der Waals surface area contributed by atoms with E-state index in [9.17, 15) is 18.4 Å². The van der Waals surface area contributed by atoms with Crippen LogP contribution in [-0.4, -0.2) is 11.9 Å². The zero-order valence-electron chi connectivity index (χ0n) is 17.0. The number of halogens is 6. The van der Waals surface area contributed by atoms with Gasteiger partial charge in [-0.3, -0.25) is 10.1 Å². The molecule has 2 N–H and O–H groups in total. The molecular weight excluding hydrogens is 520 g/mol. The van der Waals surface area contributed by atoms with Gasteiger partial charge in [0.1, 0.15) is 28.7 Å². The molecule has 0 atom stereocenters. The standard InChI is InChI=1S/C22H14Cl4F2N2O3/c1-9-6-17(33-16-8-12(24)11(23)7-13(16)25)19(26)10(2)20(9)29-22(32)30-21(31)18-14(27)4-3-5-15(18)28/h3-8H,1-2H3,(H2,29,30,31,32). The van der Waals surface area contributed by atoms with Crippen molar-refractivity contribution in [1.82, 2.24) is 5.32 Å². The molecule has 0 aliphatic rings. The quantitative estimate of drug-likeness (QED) is 0.334. The number of carbonyl (C=O) groups is 2. The van der Waals surface area contributed by atoms with Crippen LogP contribution >= 0.6 is 46.4 Å². The molecule has 11 heteroatoms. The molecular formula is C22H14Cl4F2N2O3. The minimum atomic E-state index is -1.24. The fourth-order valence-electron chi connectivity index (χ4n) is 2.92. The summed E-state index contributed by atoms with van der Waals surface area (Å²) in [4.78, 5) is 24.5. The monoisotopic (exact) mass is 532 g/mol. The van der Waals surface area contributed by atoms with Crippen molar-refractivity contribution < 1.29 is 23.1 Å². The van der Waals surface area contributed by atoms with Crippen LogP contribution in [0.3, 0.4) is 0 Å². The van der Waals surface area contributed by atoms with Gasteiger partial charge in [0.05, 0.1) is 20.1 Å². The summed E-state index contributed by atoms with van der Waals surface area (Å²) in [5.74, 6) is -3.00. The van der Waals surface area contributed by atoms with Gasteiger partial charge in [-0.05, 0) is 49.2 Å². The Morgan fingerprint density at radius 2 is 1.48 bits per heavy atom. The zero-order valence-corrected chi connectivity index (χ0v) is 20.0. The maximum Gasteiger partial charge on any atom is 0.326 e. The van der Waals surface area contributed by atoms with Gasteiger partial charge in [-0.25, -0.2) is 13.6 Å². The van der Waals surface area contributed by atoms with E-state index in [1.807, 2.05) is 5.32 Å². The first-order chi connectivity index (χ1) is 15.5. The molecule has 0 heterocycles. The number of benzene rings is 3. The fraction of sp³-hybridized carbons (Fsp3) is 0.0909. The number of imide groups is 1. The third-order valence-electron chi connectivity index (χ3n) is 4.51. The normalized spacial score (nSPS) is 10.7. The van der Waals surface area contributed by atoms with Crippen LogP contribution in [0.4, 0.5) is 19.3 Å². The van der Waals surface area contributed by atoms with Crippen molar-refractivity contribution in [2.24, 2.45) is 0 Å². The number of aryl methyl sites for hydroxylation is 1. The lowest BCUT2D eigenvalue weighted by atomic mass is 10.1. The molecule has 172 valence electrons. The molecule has 0 bridgehead atoms. The molecule has 0 aliphatic carbocycles. The number of hydrogen-bond donors (Lipinski definition) is 2. The molecule has 3 rings (SSSR count). The number of anilines is 1. The van der Waals surface area contributed by atoms with Crippen LogP contribution in [0.15, 0.2) is 36.4 Å². The van der Waals surface area contributed by atoms with Gasteiger partial charge in [-0.1, -0.05) is 52.5 Å². The molecule has 0 spiro atoms. The fourth-order valence-corrected chi connectivity index (χ4v) is 3.68. The van der Waals surface area contributed by atoms with E-state index in [0.29, 0.717) is 11.1 Å². The van der Waals surface area contributed by atoms with Crippen molar-refractivity contribution in [3.05, 3.63) is 84.8 Å². The SMILES string of the molecule is Cc1cc(Oc2cc(Cl)c(Cl)cc2Cl)c(Cl)c(C)c1NC(=O)NC(=O)c1c(F)cccc1F. The first kappa shape index (κ1) is 25.1. The predicted molar refractivity (Wildman–Crippen MR) is 125 cm³/mol. The second-order valence-electron chi connectivity index (χ2n) is 6.81. The minimum Gasteiger partial charge on any atom is -0.454 e. The average Bonchev–Trinajstić information content (AvgIpc) is 2.73. The number of hydrogen-bond acceptors (Lipinski definition) is 3. The Labute approximate surface area is 207 Å². The third kappa shape index (κ3) is 5.50. The number of amides is 3. The first-order valence-electron chi connectivity index (χ1n) is 9.18. The van der Waals surface area contributed by atoms with Crippen LogP contribution in [0.5, 0.6) is 11.5 Å². The maximum atomic E-state index is 13.8. The molecule has 0 unspecified atom stereocenters. The highest BCUT2D eigenvalue weighted by atomic mass is 35.5. The van der Waals surface area contributed by atoms with Crippen molar-refractivity contribution in [1.29, 1.82) is 0 Å². The number of rotatable bonds is 4. The summed E-state index contributed by atoms with van der Waals surface area (Å²) in [5, 5.41) is 5.17. The largest absolute Gasteiger partial charge is 0.454 e. The van der Waals surface area contributed by atoms with Crippen LogP contribution in [0.2, 0.25) is 20.1 Å². The van der Waals surface area contributed by atoms with E-state index in [4.69, 9.17) is 51.1 Å². The summed E-state index contributed by atoms with van der Waals surface area (Å²) in [6, 6.07) is 6.29. The second kappa shape index (κ2) is 10.1. The first-order valence-corrected chi connectivity index (χ1v) is 10.7. The van der Waals surface area contributed by atoms with Gasteiger partial charge in [-0.15, -0.1) is 0 Å². The molecule has 3 aromatic rings. The van der Waals surface area contributed by atoms with E-state index in [2.05, 4.69) is 5.32 Å². The van der Waals surface area contributed by atoms with Crippen LogP contribution in [0.1, 0.15) is 21.5 Å². The molecule has 5 nitrogen and oxygen atoms in total. The van der Waals surface area contributed by atoms with Gasteiger partial charge in [0.25, 0.3) is 5.91 Å². The molecule has 0 saturated carbocycles. The highest BCUT2D eigenvalue weighted by molar-refractivity contribution is 6.43. The summed E-state index contributed by atoms with van der Waals surface area (Å²) in [5.41, 5.74) is 0.318. The molecule has 3 amide bonds. The lowest BCUT2D eigenvalue weighted by Gasteiger charge is -2.17. The summed E-state index contributed by atoms with van der Waals surface area (Å²) in [6.07, 6.45) is 0. The summed E-state index contributed by atoms with van der Waals surface area (Å²) in [6.45, 7) is 3.26. The predicted octanol–water partition coefficient (Wildman–Crippen LogP) is 7.95. The minimum absolute atomic E-state index is 0.143. The van der Waals surface area contributed by atoms with Crippen molar-refractivity contribution >= 4 is 64.0 Å². The maximum absolute atomic E-state index is 13.8. The highest BCUT2D eigenvalue weighted by Crippen LogP contribution is 2.41. The van der Waals surface area contributed by atoms with Gasteiger partial charge in [0.2, 0.25) is 0 Å². The van der Waals surface area contributed by atoms with E-state index in [0.717, 1.165) is 18.2 Å². The average molecular weight is 534 g/mol. The Hall–Kier alpha value is -2.58. The summed E-state index contributed by atoms with van der Waals surface area (Å²) in [7, 11) is 0. The van der Waals surface area contributed by atoms with Crippen LogP contribution in [0, 0.1) is 25.5 Å². The van der Waals surface area contributed by atoms with Gasteiger partial charge >= 0.3 is 6.03 Å². The topological polar surface area (TPSA) is 67.4 Å².